The summed E-state index contributed by atoms with van der Waals surface area (Å²) in [6.07, 6.45) is -0.966. The average molecular weight is 235 g/mol. The lowest BCUT2D eigenvalue weighted by atomic mass is 10.0. The Morgan fingerprint density at radius 1 is 1.62 bits per heavy atom. The molecule has 3 N–H and O–H groups in total. The summed E-state index contributed by atoms with van der Waals surface area (Å²) in [7, 11) is 1.28. The fourth-order valence-corrected chi connectivity index (χ4v) is 1.34. The van der Waals surface area contributed by atoms with Gasteiger partial charge in [0, 0.05) is 14.0 Å². The largest absolute Gasteiger partial charge is 0.391 e. The number of carbonyl (C=O) groups is 2. The molecule has 1 aliphatic rings. The second-order valence-corrected chi connectivity index (χ2v) is 3.31. The smallest absolute Gasteiger partial charge is 0.282 e. The predicted octanol–water partition coefficient (Wildman–Crippen LogP) is -1.62. The van der Waals surface area contributed by atoms with E-state index < -0.39 is 18.1 Å². The van der Waals surface area contributed by atoms with Gasteiger partial charge in [-0.15, -0.1) is 0 Å². The van der Waals surface area contributed by atoms with Crippen molar-refractivity contribution in [3.8, 4) is 0 Å². The zero-order valence-corrected chi connectivity index (χ0v) is 9.30. The van der Waals surface area contributed by atoms with Crippen molar-refractivity contribution in [3.63, 3.8) is 0 Å². The first-order valence-corrected chi connectivity index (χ1v) is 4.62. The Morgan fingerprint density at radius 3 is 2.56 bits per heavy atom. The predicted molar refractivity (Wildman–Crippen MR) is 53.3 cm³/mol. The highest BCUT2D eigenvalue weighted by Crippen LogP contribution is 2.23. The van der Waals surface area contributed by atoms with Crippen LogP contribution in [-0.4, -0.2) is 54.7 Å². The van der Waals surface area contributed by atoms with E-state index in [1.54, 1.807) is 0 Å². The molecule has 0 aromatic heterocycles. The SMILES string of the molecule is C=O.COC1(O)CC(O)C(NC(C)=O)CO1. The van der Waals surface area contributed by atoms with E-state index in [0.717, 1.165) is 0 Å². The molecule has 1 rings (SSSR count). The number of hydrogen-bond donors (Lipinski definition) is 3. The monoisotopic (exact) mass is 235 g/mol. The molecule has 0 radical (unpaired) electrons. The van der Waals surface area contributed by atoms with E-state index in [2.05, 4.69) is 10.1 Å². The van der Waals surface area contributed by atoms with E-state index in [-0.39, 0.29) is 18.9 Å². The number of carbonyl (C=O) groups excluding carboxylic acids is 2. The van der Waals surface area contributed by atoms with Gasteiger partial charge in [0.15, 0.2) is 0 Å². The third-order valence-corrected chi connectivity index (χ3v) is 2.13. The number of ether oxygens (including phenoxy) is 2. The summed E-state index contributed by atoms with van der Waals surface area (Å²) in [4.78, 5) is 18.7. The van der Waals surface area contributed by atoms with Crippen molar-refractivity contribution in [3.05, 3.63) is 0 Å². The molecule has 0 saturated carbocycles. The van der Waals surface area contributed by atoms with Crippen LogP contribution in [0.5, 0.6) is 0 Å². The molecule has 94 valence electrons. The molecule has 7 heteroatoms. The van der Waals surface area contributed by atoms with Crippen molar-refractivity contribution in [2.24, 2.45) is 0 Å². The van der Waals surface area contributed by atoms with Crippen LogP contribution in [0.4, 0.5) is 0 Å². The Bertz CT molecular complexity index is 236. The second-order valence-electron chi connectivity index (χ2n) is 3.31. The van der Waals surface area contributed by atoms with Crippen molar-refractivity contribution in [2.45, 2.75) is 31.5 Å². The number of rotatable bonds is 2. The highest BCUT2D eigenvalue weighted by atomic mass is 16.8. The quantitative estimate of drug-likeness (QED) is 0.497. The van der Waals surface area contributed by atoms with Crippen LogP contribution in [0.1, 0.15) is 13.3 Å². The van der Waals surface area contributed by atoms with Crippen LogP contribution in [0.3, 0.4) is 0 Å². The molecule has 1 heterocycles. The summed E-state index contributed by atoms with van der Waals surface area (Å²) >= 11 is 0. The summed E-state index contributed by atoms with van der Waals surface area (Å²) in [6, 6.07) is -0.497. The summed E-state index contributed by atoms with van der Waals surface area (Å²) in [5.74, 6) is -1.99. The van der Waals surface area contributed by atoms with Gasteiger partial charge in [0.2, 0.25) is 5.91 Å². The lowest BCUT2D eigenvalue weighted by Crippen LogP contribution is -2.56. The van der Waals surface area contributed by atoms with Gasteiger partial charge < -0.3 is 29.8 Å². The zero-order valence-electron chi connectivity index (χ0n) is 9.30. The van der Waals surface area contributed by atoms with Gasteiger partial charge in [-0.05, 0) is 0 Å². The Labute approximate surface area is 93.3 Å². The van der Waals surface area contributed by atoms with Crippen molar-refractivity contribution in [1.29, 1.82) is 0 Å². The van der Waals surface area contributed by atoms with Crippen LogP contribution in [0.2, 0.25) is 0 Å². The molecular weight excluding hydrogens is 218 g/mol. The number of methoxy groups -OCH3 is 1. The minimum absolute atomic E-state index is 0.0189. The van der Waals surface area contributed by atoms with Crippen LogP contribution >= 0.6 is 0 Å². The Balaban J connectivity index is 0.00000106. The molecule has 3 atom stereocenters. The molecule has 0 spiro atoms. The molecule has 0 aromatic rings. The molecule has 0 aromatic carbocycles. The minimum Gasteiger partial charge on any atom is -0.391 e. The van der Waals surface area contributed by atoms with E-state index in [0.29, 0.717) is 0 Å². The third-order valence-electron chi connectivity index (χ3n) is 2.13. The van der Waals surface area contributed by atoms with Crippen LogP contribution < -0.4 is 5.32 Å². The zero-order chi connectivity index (χ0) is 12.8. The maximum absolute atomic E-state index is 10.7. The van der Waals surface area contributed by atoms with Crippen molar-refractivity contribution in [2.75, 3.05) is 13.7 Å². The standard InChI is InChI=1S/C8H15NO5.CH2O/c1-5(10)9-6-4-14-8(12,13-2)3-7(6)11;1-2/h6-7,11-12H,3-4H2,1-2H3,(H,9,10);1H2. The molecule has 1 saturated heterocycles. The maximum Gasteiger partial charge on any atom is 0.282 e. The first-order valence-electron chi connectivity index (χ1n) is 4.62. The highest BCUT2D eigenvalue weighted by Gasteiger charge is 2.40. The number of aliphatic hydroxyl groups excluding tert-OH is 1. The van der Waals surface area contributed by atoms with E-state index in [9.17, 15) is 15.0 Å². The summed E-state index contributed by atoms with van der Waals surface area (Å²) in [6.45, 7) is 3.37. The fraction of sp³-hybridized carbons (Fsp3) is 0.778. The van der Waals surface area contributed by atoms with E-state index in [1.807, 2.05) is 6.79 Å². The molecular formula is C9H17NO6. The lowest BCUT2D eigenvalue weighted by Gasteiger charge is -2.37. The van der Waals surface area contributed by atoms with Gasteiger partial charge in [-0.25, -0.2) is 0 Å². The molecule has 1 aliphatic heterocycles. The normalized spacial score (nSPS) is 33.5. The van der Waals surface area contributed by atoms with Gasteiger partial charge >= 0.3 is 0 Å². The second kappa shape index (κ2) is 6.54. The molecule has 3 unspecified atom stereocenters. The number of nitrogens with one attached hydrogen (secondary N) is 1. The van der Waals surface area contributed by atoms with Crippen LogP contribution in [0, 0.1) is 0 Å². The van der Waals surface area contributed by atoms with Gasteiger partial charge in [-0.3, -0.25) is 4.79 Å². The number of aliphatic hydroxyl groups is 2. The van der Waals surface area contributed by atoms with Gasteiger partial charge in [-0.2, -0.15) is 0 Å². The Hall–Kier alpha value is -1.02. The van der Waals surface area contributed by atoms with Crippen LogP contribution in [0.15, 0.2) is 0 Å². The Kier molecular flexibility index (Phi) is 6.12. The molecule has 7 nitrogen and oxygen atoms in total. The summed E-state index contributed by atoms with van der Waals surface area (Å²) < 4.78 is 9.62. The van der Waals surface area contributed by atoms with Gasteiger partial charge in [0.25, 0.3) is 5.97 Å². The molecule has 1 fully saturated rings. The fourth-order valence-electron chi connectivity index (χ4n) is 1.34. The molecule has 0 aliphatic carbocycles. The minimum atomic E-state index is -1.74. The van der Waals surface area contributed by atoms with Crippen LogP contribution in [0.25, 0.3) is 0 Å². The van der Waals surface area contributed by atoms with Crippen molar-refractivity contribution >= 4 is 12.7 Å². The Morgan fingerprint density at radius 2 is 2.19 bits per heavy atom. The summed E-state index contributed by atoms with van der Waals surface area (Å²) in [5, 5.41) is 21.5. The topological polar surface area (TPSA) is 105 Å². The molecule has 1 amide bonds. The average Bonchev–Trinajstić information content (AvgIpc) is 2.25. The molecule has 16 heavy (non-hydrogen) atoms. The van der Waals surface area contributed by atoms with Crippen molar-refractivity contribution in [1.82, 2.24) is 5.32 Å². The van der Waals surface area contributed by atoms with Crippen molar-refractivity contribution < 1.29 is 29.3 Å². The maximum atomic E-state index is 10.7. The number of hydrogen-bond acceptors (Lipinski definition) is 6. The van der Waals surface area contributed by atoms with Gasteiger partial charge in [-0.1, -0.05) is 0 Å². The van der Waals surface area contributed by atoms with Gasteiger partial charge in [0.05, 0.1) is 25.2 Å². The van der Waals surface area contributed by atoms with Crippen LogP contribution in [-0.2, 0) is 19.1 Å². The van der Waals surface area contributed by atoms with Gasteiger partial charge in [0.1, 0.15) is 6.79 Å². The third kappa shape index (κ3) is 4.23. The first kappa shape index (κ1) is 15.0. The highest BCUT2D eigenvalue weighted by molar-refractivity contribution is 5.73. The van der Waals surface area contributed by atoms with E-state index >= 15 is 0 Å². The molecule has 0 bridgehead atoms. The van der Waals surface area contributed by atoms with E-state index in [1.165, 1.54) is 14.0 Å². The van der Waals surface area contributed by atoms with E-state index in [4.69, 9.17) is 9.53 Å². The lowest BCUT2D eigenvalue weighted by molar-refractivity contribution is -0.377. The number of amides is 1. The first-order chi connectivity index (χ1) is 7.47. The summed E-state index contributed by atoms with van der Waals surface area (Å²) in [5.41, 5.74) is 0.